The Kier molecular flexibility index (Phi) is 7.51. The molecule has 0 saturated heterocycles. The molecule has 9 heteroatoms. The number of urea groups is 1. The zero-order chi connectivity index (χ0) is 19.6. The summed E-state index contributed by atoms with van der Waals surface area (Å²) in [6, 6.07) is 16.4. The maximum absolute atomic E-state index is 12.1. The van der Waals surface area contributed by atoms with Crippen molar-refractivity contribution in [3.63, 3.8) is 0 Å². The van der Waals surface area contributed by atoms with Gasteiger partial charge >= 0.3 is 6.03 Å². The number of nitrogens with zero attached hydrogens (tertiary/aromatic N) is 2. The molecule has 0 atom stereocenters. The van der Waals surface area contributed by atoms with E-state index < -0.39 is 0 Å². The SMILES string of the molecule is CCOc1ccc(NC(=O)Nc2nc(SCCOc3ccccc3)ns2)cc1. The zero-order valence-electron chi connectivity index (χ0n) is 15.3. The molecular weight excluding hydrogens is 396 g/mol. The Bertz CT molecular complexity index is 872. The van der Waals surface area contributed by atoms with Gasteiger partial charge in [0.1, 0.15) is 11.5 Å². The third-order valence-electron chi connectivity index (χ3n) is 3.38. The smallest absolute Gasteiger partial charge is 0.325 e. The molecule has 2 N–H and O–H groups in total. The van der Waals surface area contributed by atoms with Crippen LogP contribution in [-0.2, 0) is 0 Å². The zero-order valence-corrected chi connectivity index (χ0v) is 16.9. The fraction of sp³-hybridized carbons (Fsp3) is 0.211. The average molecular weight is 417 g/mol. The minimum atomic E-state index is -0.371. The number of hydrogen-bond acceptors (Lipinski definition) is 7. The van der Waals surface area contributed by atoms with E-state index in [0.717, 1.165) is 23.0 Å². The highest BCUT2D eigenvalue weighted by Gasteiger charge is 2.09. The van der Waals surface area contributed by atoms with Crippen molar-refractivity contribution < 1.29 is 14.3 Å². The average Bonchev–Trinajstić information content (AvgIpc) is 3.15. The summed E-state index contributed by atoms with van der Waals surface area (Å²) in [4.78, 5) is 16.4. The van der Waals surface area contributed by atoms with Gasteiger partial charge in [-0.15, -0.1) is 0 Å². The summed E-state index contributed by atoms with van der Waals surface area (Å²) in [6.45, 7) is 3.07. The van der Waals surface area contributed by atoms with Crippen molar-refractivity contribution in [2.45, 2.75) is 12.1 Å². The lowest BCUT2D eigenvalue weighted by Crippen LogP contribution is -2.19. The number of carbonyl (C=O) groups is 1. The summed E-state index contributed by atoms with van der Waals surface area (Å²) in [5, 5.41) is 6.48. The summed E-state index contributed by atoms with van der Waals surface area (Å²) in [5.41, 5.74) is 0.665. The van der Waals surface area contributed by atoms with Crippen molar-refractivity contribution in [2.75, 3.05) is 29.6 Å². The van der Waals surface area contributed by atoms with E-state index in [-0.39, 0.29) is 6.03 Å². The molecule has 1 aromatic heterocycles. The topological polar surface area (TPSA) is 85.4 Å². The van der Waals surface area contributed by atoms with Crippen LogP contribution in [0.15, 0.2) is 59.8 Å². The van der Waals surface area contributed by atoms with Crippen LogP contribution in [0.1, 0.15) is 6.92 Å². The lowest BCUT2D eigenvalue weighted by atomic mass is 10.3. The molecule has 0 aliphatic rings. The molecule has 0 aliphatic heterocycles. The van der Waals surface area contributed by atoms with Crippen molar-refractivity contribution in [1.29, 1.82) is 0 Å². The molecule has 146 valence electrons. The van der Waals surface area contributed by atoms with Crippen molar-refractivity contribution in [1.82, 2.24) is 9.36 Å². The minimum Gasteiger partial charge on any atom is -0.494 e. The summed E-state index contributed by atoms with van der Waals surface area (Å²) in [6.07, 6.45) is 0. The number of hydrogen-bond donors (Lipinski definition) is 2. The van der Waals surface area contributed by atoms with E-state index in [0.29, 0.717) is 34.9 Å². The van der Waals surface area contributed by atoms with Crippen LogP contribution in [0, 0.1) is 0 Å². The van der Waals surface area contributed by atoms with Crippen molar-refractivity contribution in [3.8, 4) is 11.5 Å². The first-order valence-electron chi connectivity index (χ1n) is 8.68. The molecule has 0 spiro atoms. The number of ether oxygens (including phenoxy) is 2. The predicted molar refractivity (Wildman–Crippen MR) is 113 cm³/mol. The van der Waals surface area contributed by atoms with Gasteiger partial charge in [0.15, 0.2) is 0 Å². The second-order valence-corrected chi connectivity index (χ2v) is 7.24. The number of para-hydroxylation sites is 1. The van der Waals surface area contributed by atoms with E-state index in [1.807, 2.05) is 37.3 Å². The fourth-order valence-electron chi connectivity index (χ4n) is 2.19. The number of rotatable bonds is 9. The molecule has 0 saturated carbocycles. The standard InChI is InChI=1S/C19H20N4O3S2/c1-2-25-16-10-8-14(9-11-16)20-17(24)21-18-22-19(23-28-18)27-13-12-26-15-6-4-3-5-7-15/h3-11H,2,12-13H2,1H3,(H2,20,21,22,23,24). The summed E-state index contributed by atoms with van der Waals surface area (Å²) in [5.74, 6) is 2.31. The molecule has 7 nitrogen and oxygen atoms in total. The lowest BCUT2D eigenvalue weighted by molar-refractivity contribution is 0.262. The van der Waals surface area contributed by atoms with Crippen LogP contribution in [0.3, 0.4) is 0 Å². The molecular formula is C19H20N4O3S2. The van der Waals surface area contributed by atoms with Crippen molar-refractivity contribution >= 4 is 40.1 Å². The fourth-order valence-corrected chi connectivity index (χ4v) is 3.55. The highest BCUT2D eigenvalue weighted by atomic mass is 32.2. The Labute approximate surface area is 171 Å². The van der Waals surface area contributed by atoms with Crippen LogP contribution in [0.25, 0.3) is 0 Å². The van der Waals surface area contributed by atoms with Crippen molar-refractivity contribution in [2.24, 2.45) is 0 Å². The van der Waals surface area contributed by atoms with Gasteiger partial charge in [-0.05, 0) is 43.3 Å². The minimum absolute atomic E-state index is 0.371. The van der Waals surface area contributed by atoms with Gasteiger partial charge < -0.3 is 14.8 Å². The molecule has 3 rings (SSSR count). The second kappa shape index (κ2) is 10.5. The van der Waals surface area contributed by atoms with Gasteiger partial charge in [0, 0.05) is 23.0 Å². The van der Waals surface area contributed by atoms with Gasteiger partial charge in [-0.25, -0.2) is 4.79 Å². The predicted octanol–water partition coefficient (Wildman–Crippen LogP) is 4.75. The highest BCUT2D eigenvalue weighted by Crippen LogP contribution is 2.21. The van der Waals surface area contributed by atoms with Crippen LogP contribution in [0.4, 0.5) is 15.6 Å². The molecule has 0 bridgehead atoms. The van der Waals surface area contributed by atoms with Gasteiger partial charge in [0.2, 0.25) is 10.3 Å². The Morgan fingerprint density at radius 1 is 1.04 bits per heavy atom. The monoisotopic (exact) mass is 416 g/mol. The van der Waals surface area contributed by atoms with Crippen LogP contribution in [-0.4, -0.2) is 34.4 Å². The Morgan fingerprint density at radius 2 is 1.79 bits per heavy atom. The maximum atomic E-state index is 12.1. The van der Waals surface area contributed by atoms with Crippen molar-refractivity contribution in [3.05, 3.63) is 54.6 Å². The first-order valence-corrected chi connectivity index (χ1v) is 10.4. The third kappa shape index (κ3) is 6.43. The van der Waals surface area contributed by atoms with E-state index >= 15 is 0 Å². The van der Waals surface area contributed by atoms with E-state index in [2.05, 4.69) is 20.0 Å². The molecule has 0 fully saturated rings. The molecule has 28 heavy (non-hydrogen) atoms. The first-order chi connectivity index (χ1) is 13.7. The van der Waals surface area contributed by atoms with Crippen LogP contribution >= 0.6 is 23.3 Å². The summed E-state index contributed by atoms with van der Waals surface area (Å²) in [7, 11) is 0. The first kappa shape index (κ1) is 20.0. The Hall–Kier alpha value is -2.78. The number of benzene rings is 2. The number of anilines is 2. The number of carbonyl (C=O) groups excluding carboxylic acids is 1. The highest BCUT2D eigenvalue weighted by molar-refractivity contribution is 7.99. The number of thioether (sulfide) groups is 1. The van der Waals surface area contributed by atoms with Crippen LogP contribution in [0.5, 0.6) is 11.5 Å². The van der Waals surface area contributed by atoms with E-state index in [4.69, 9.17) is 9.47 Å². The van der Waals surface area contributed by atoms with Gasteiger partial charge in [0.25, 0.3) is 0 Å². The third-order valence-corrected chi connectivity index (χ3v) is 4.94. The Morgan fingerprint density at radius 3 is 2.54 bits per heavy atom. The van der Waals surface area contributed by atoms with Gasteiger partial charge in [0.05, 0.1) is 13.2 Å². The number of nitrogens with one attached hydrogen (secondary N) is 2. The van der Waals surface area contributed by atoms with E-state index in [1.165, 1.54) is 11.8 Å². The van der Waals surface area contributed by atoms with Crippen LogP contribution in [0.2, 0.25) is 0 Å². The number of aromatic nitrogens is 2. The lowest BCUT2D eigenvalue weighted by Gasteiger charge is -2.07. The van der Waals surface area contributed by atoms with E-state index in [1.54, 1.807) is 24.3 Å². The summed E-state index contributed by atoms with van der Waals surface area (Å²) >= 11 is 2.61. The van der Waals surface area contributed by atoms with Gasteiger partial charge in [-0.1, -0.05) is 30.0 Å². The van der Waals surface area contributed by atoms with Gasteiger partial charge in [-0.2, -0.15) is 9.36 Å². The summed E-state index contributed by atoms with van der Waals surface area (Å²) < 4.78 is 15.2. The number of amides is 2. The molecule has 0 unspecified atom stereocenters. The van der Waals surface area contributed by atoms with E-state index in [9.17, 15) is 4.79 Å². The maximum Gasteiger partial charge on any atom is 0.325 e. The molecule has 0 aliphatic carbocycles. The van der Waals surface area contributed by atoms with Gasteiger partial charge in [-0.3, -0.25) is 5.32 Å². The van der Waals surface area contributed by atoms with Crippen LogP contribution < -0.4 is 20.1 Å². The molecule has 1 heterocycles. The second-order valence-electron chi connectivity index (χ2n) is 5.43. The quantitative estimate of drug-likeness (QED) is 0.387. The molecule has 0 radical (unpaired) electrons. The Balaban J connectivity index is 1.40. The largest absolute Gasteiger partial charge is 0.494 e. The molecule has 2 aromatic carbocycles. The molecule has 3 aromatic rings. The molecule has 2 amide bonds. The normalized spacial score (nSPS) is 10.3.